The van der Waals surface area contributed by atoms with E-state index in [0.717, 1.165) is 4.01 Å². The molecule has 4 nitrogen and oxygen atoms in total. The molecule has 0 aliphatic rings. The molecule has 2 aromatic carbocycles. The van der Waals surface area contributed by atoms with Crippen LogP contribution in [-0.4, -0.2) is 11.6 Å². The summed E-state index contributed by atoms with van der Waals surface area (Å²) in [7, 11) is 0. The number of ketones is 2. The van der Waals surface area contributed by atoms with Crippen LogP contribution in [0.25, 0.3) is 9.40 Å². The van der Waals surface area contributed by atoms with Gasteiger partial charge in [0, 0.05) is 21.2 Å². The average molecular weight is 447 g/mol. The Kier molecular flexibility index (Phi) is 4.89. The summed E-state index contributed by atoms with van der Waals surface area (Å²) in [5.41, 5.74) is 14.0. The summed E-state index contributed by atoms with van der Waals surface area (Å²) >= 11 is 14.2. The smallest absolute Gasteiger partial charge is 0.205 e. The Labute approximate surface area is 178 Å². The predicted molar refractivity (Wildman–Crippen MR) is 118 cm³/mol. The van der Waals surface area contributed by atoms with Gasteiger partial charge in [0.1, 0.15) is 9.75 Å². The number of hydrogen-bond acceptors (Lipinski definition) is 6. The second-order valence-electron chi connectivity index (χ2n) is 6.02. The van der Waals surface area contributed by atoms with E-state index in [2.05, 4.69) is 0 Å². The quantitative estimate of drug-likeness (QED) is 0.382. The van der Waals surface area contributed by atoms with Gasteiger partial charge >= 0.3 is 0 Å². The maximum Gasteiger partial charge on any atom is 0.205 e. The van der Waals surface area contributed by atoms with Crippen LogP contribution in [-0.2, 0) is 0 Å². The van der Waals surface area contributed by atoms with Crippen molar-refractivity contribution in [1.82, 2.24) is 0 Å². The fourth-order valence-electron chi connectivity index (χ4n) is 2.81. The zero-order valence-electron chi connectivity index (χ0n) is 14.2. The van der Waals surface area contributed by atoms with Crippen molar-refractivity contribution >= 4 is 78.2 Å². The number of carbonyl (C=O) groups is 2. The Bertz CT molecular complexity index is 1130. The minimum Gasteiger partial charge on any atom is -0.397 e. The molecule has 0 radical (unpaired) electrons. The lowest BCUT2D eigenvalue weighted by Gasteiger charge is -2.03. The summed E-state index contributed by atoms with van der Waals surface area (Å²) in [5, 5.41) is 1.65. The van der Waals surface area contributed by atoms with Gasteiger partial charge in [0.15, 0.2) is 0 Å². The number of anilines is 2. The van der Waals surface area contributed by atoms with Gasteiger partial charge in [-0.05, 0) is 48.5 Å². The predicted octanol–water partition coefficient (Wildman–Crippen LogP) is 5.90. The van der Waals surface area contributed by atoms with Crippen LogP contribution in [0.4, 0.5) is 11.4 Å². The molecule has 0 atom stereocenters. The van der Waals surface area contributed by atoms with E-state index in [4.69, 9.17) is 34.7 Å². The second-order valence-corrected chi connectivity index (χ2v) is 9.20. The number of fused-ring (bicyclic) bond motifs is 1. The summed E-state index contributed by atoms with van der Waals surface area (Å²) in [6.45, 7) is 0. The molecule has 4 N–H and O–H groups in total. The molecule has 0 aliphatic carbocycles. The molecule has 0 spiro atoms. The summed E-state index contributed by atoms with van der Waals surface area (Å²) in [5.74, 6) is -0.403. The normalized spacial score (nSPS) is 11.1. The largest absolute Gasteiger partial charge is 0.397 e. The van der Waals surface area contributed by atoms with Crippen molar-refractivity contribution in [1.29, 1.82) is 0 Å². The Hall–Kier alpha value is -2.38. The number of thiophene rings is 2. The number of nitrogen functional groups attached to an aromatic ring is 2. The van der Waals surface area contributed by atoms with Gasteiger partial charge < -0.3 is 11.5 Å². The van der Waals surface area contributed by atoms with Gasteiger partial charge in [0.05, 0.1) is 20.8 Å². The number of rotatable bonds is 4. The molecule has 0 fully saturated rings. The van der Waals surface area contributed by atoms with Crippen LogP contribution in [0.3, 0.4) is 0 Å². The highest BCUT2D eigenvalue weighted by Crippen LogP contribution is 2.45. The zero-order chi connectivity index (χ0) is 20.0. The molecular formula is C20H12Cl2N2O2S2. The molecule has 0 saturated heterocycles. The standard InChI is InChI=1S/C20H12Cl2N2O2S2/c21-11-5-1-9(2-6-11)16(25)18-14(23)13-15(24)19(28-20(13)27-18)17(26)10-3-7-12(22)8-4-10/h1-8H,23-24H2. The van der Waals surface area contributed by atoms with Gasteiger partial charge in [-0.3, -0.25) is 9.59 Å². The Morgan fingerprint density at radius 3 is 1.36 bits per heavy atom. The molecular weight excluding hydrogens is 435 g/mol. The molecule has 4 aromatic rings. The van der Waals surface area contributed by atoms with Crippen molar-refractivity contribution in [3.8, 4) is 0 Å². The molecule has 0 aliphatic heterocycles. The lowest BCUT2D eigenvalue weighted by molar-refractivity contribution is 0.103. The van der Waals surface area contributed by atoms with Gasteiger partial charge in [-0.25, -0.2) is 0 Å². The number of halogens is 2. The van der Waals surface area contributed by atoms with Crippen LogP contribution < -0.4 is 11.5 Å². The highest BCUT2D eigenvalue weighted by molar-refractivity contribution is 7.40. The van der Waals surface area contributed by atoms with Gasteiger partial charge in [-0.2, -0.15) is 0 Å². The minimum atomic E-state index is -0.201. The van der Waals surface area contributed by atoms with Crippen molar-refractivity contribution < 1.29 is 9.59 Å². The number of benzene rings is 2. The van der Waals surface area contributed by atoms with E-state index in [-0.39, 0.29) is 11.6 Å². The first-order chi connectivity index (χ1) is 13.4. The highest BCUT2D eigenvalue weighted by Gasteiger charge is 2.25. The van der Waals surface area contributed by atoms with Crippen molar-refractivity contribution in [3.63, 3.8) is 0 Å². The van der Waals surface area contributed by atoms with Crippen LogP contribution in [0.2, 0.25) is 10.0 Å². The van der Waals surface area contributed by atoms with Crippen LogP contribution in [0.1, 0.15) is 30.5 Å². The van der Waals surface area contributed by atoms with Crippen LogP contribution in [0.15, 0.2) is 48.5 Å². The molecule has 140 valence electrons. The van der Waals surface area contributed by atoms with Crippen molar-refractivity contribution in [2.75, 3.05) is 11.5 Å². The monoisotopic (exact) mass is 446 g/mol. The Morgan fingerprint density at radius 2 is 1.04 bits per heavy atom. The van der Waals surface area contributed by atoms with E-state index in [1.54, 1.807) is 48.5 Å². The Morgan fingerprint density at radius 1 is 0.679 bits per heavy atom. The zero-order valence-corrected chi connectivity index (χ0v) is 17.3. The average Bonchev–Trinajstić information content (AvgIpc) is 3.19. The molecule has 0 saturated carbocycles. The number of hydrogen-bond donors (Lipinski definition) is 2. The molecule has 0 bridgehead atoms. The van der Waals surface area contributed by atoms with E-state index >= 15 is 0 Å². The minimum absolute atomic E-state index is 0.201. The van der Waals surface area contributed by atoms with Crippen molar-refractivity contribution in [2.24, 2.45) is 0 Å². The molecule has 28 heavy (non-hydrogen) atoms. The third-order valence-electron chi connectivity index (χ3n) is 4.25. The Balaban J connectivity index is 1.75. The third kappa shape index (κ3) is 3.18. The number of nitrogens with two attached hydrogens (primary N) is 2. The van der Waals surface area contributed by atoms with Gasteiger partial charge in [-0.15, -0.1) is 22.7 Å². The van der Waals surface area contributed by atoms with Gasteiger partial charge in [0.25, 0.3) is 0 Å². The fraction of sp³-hybridized carbons (Fsp3) is 0. The van der Waals surface area contributed by atoms with Crippen molar-refractivity contribution in [2.45, 2.75) is 0 Å². The molecule has 4 rings (SSSR count). The fourth-order valence-corrected chi connectivity index (χ4v) is 5.59. The lowest BCUT2D eigenvalue weighted by atomic mass is 10.1. The van der Waals surface area contributed by atoms with Crippen molar-refractivity contribution in [3.05, 3.63) is 79.5 Å². The molecule has 0 amide bonds. The van der Waals surface area contributed by atoms with E-state index in [0.29, 0.717) is 47.7 Å². The molecule has 0 unspecified atom stereocenters. The van der Waals surface area contributed by atoms with Gasteiger partial charge in [0.2, 0.25) is 11.6 Å². The first kappa shape index (κ1) is 19.0. The first-order valence-electron chi connectivity index (χ1n) is 8.07. The van der Waals surface area contributed by atoms with Crippen LogP contribution in [0, 0.1) is 0 Å². The SMILES string of the molecule is Nc1c(C(=O)c2ccc(Cl)cc2)sc2sc(C(=O)c3ccc(Cl)cc3)c(N)c12. The van der Waals surface area contributed by atoms with Gasteiger partial charge in [-0.1, -0.05) is 23.2 Å². The summed E-state index contributed by atoms with van der Waals surface area (Å²) in [4.78, 5) is 26.4. The first-order valence-corrected chi connectivity index (χ1v) is 10.5. The highest BCUT2D eigenvalue weighted by atomic mass is 35.5. The number of carbonyl (C=O) groups excluding carboxylic acids is 2. The van der Waals surface area contributed by atoms with Crippen LogP contribution in [0.5, 0.6) is 0 Å². The summed E-state index contributed by atoms with van der Waals surface area (Å²) in [6.07, 6.45) is 0. The van der Waals surface area contributed by atoms with E-state index in [1.807, 2.05) is 0 Å². The second kappa shape index (κ2) is 7.22. The molecule has 8 heteroatoms. The summed E-state index contributed by atoms with van der Waals surface area (Å²) in [6, 6.07) is 13.2. The van der Waals surface area contributed by atoms with E-state index in [9.17, 15) is 9.59 Å². The van der Waals surface area contributed by atoms with E-state index < -0.39 is 0 Å². The third-order valence-corrected chi connectivity index (χ3v) is 7.25. The van der Waals surface area contributed by atoms with E-state index in [1.165, 1.54) is 22.7 Å². The van der Waals surface area contributed by atoms with Crippen LogP contribution >= 0.6 is 45.9 Å². The summed E-state index contributed by atoms with van der Waals surface area (Å²) < 4.78 is 0.740. The maximum atomic E-state index is 12.8. The lowest BCUT2D eigenvalue weighted by Crippen LogP contribution is -2.04. The maximum absolute atomic E-state index is 12.8. The topological polar surface area (TPSA) is 86.2 Å². The molecule has 2 aromatic heterocycles. The molecule has 2 heterocycles.